The van der Waals surface area contributed by atoms with Gasteiger partial charge in [-0.25, -0.2) is 0 Å². The van der Waals surface area contributed by atoms with Gasteiger partial charge in [0.2, 0.25) is 11.8 Å². The molecule has 3 rings (SSSR count). The lowest BCUT2D eigenvalue weighted by Crippen LogP contribution is -2.57. The number of rotatable bonds is 7. The van der Waals surface area contributed by atoms with Crippen LogP contribution in [-0.4, -0.2) is 78.0 Å². The molecular formula is C23H33F3N4O6. The third-order valence-electron chi connectivity index (χ3n) is 7.19. The van der Waals surface area contributed by atoms with Gasteiger partial charge < -0.3 is 20.9 Å². The molecule has 0 aromatic heterocycles. The molecular weight excluding hydrogens is 485 g/mol. The lowest BCUT2D eigenvalue weighted by molar-refractivity contribution is -0.321. The fourth-order valence-corrected chi connectivity index (χ4v) is 5.26. The summed E-state index contributed by atoms with van der Waals surface area (Å²) >= 11 is 0. The van der Waals surface area contributed by atoms with E-state index in [4.69, 9.17) is 0 Å². The Morgan fingerprint density at radius 2 is 1.83 bits per heavy atom. The zero-order valence-electron chi connectivity index (χ0n) is 21.0. The van der Waals surface area contributed by atoms with Crippen molar-refractivity contribution in [2.24, 2.45) is 23.2 Å². The quantitative estimate of drug-likeness (QED) is 0.421. The first kappa shape index (κ1) is 27.9. The van der Waals surface area contributed by atoms with Gasteiger partial charge in [-0.05, 0) is 50.9 Å². The van der Waals surface area contributed by atoms with Crippen molar-refractivity contribution in [3.8, 4) is 0 Å². The van der Waals surface area contributed by atoms with Crippen LogP contribution in [-0.2, 0) is 28.7 Å². The first-order chi connectivity index (χ1) is 16.4. The number of nitrogens with one attached hydrogen (secondary N) is 3. The molecule has 0 bridgehead atoms. The molecule has 13 heteroatoms. The van der Waals surface area contributed by atoms with Crippen LogP contribution < -0.4 is 16.0 Å². The van der Waals surface area contributed by atoms with Crippen molar-refractivity contribution in [3.05, 3.63) is 0 Å². The highest BCUT2D eigenvalue weighted by Crippen LogP contribution is 2.64. The molecule has 2 heterocycles. The van der Waals surface area contributed by atoms with Crippen LogP contribution in [0.2, 0.25) is 0 Å². The summed E-state index contributed by atoms with van der Waals surface area (Å²) in [6, 6.07) is -2.52. The summed E-state index contributed by atoms with van der Waals surface area (Å²) in [5.41, 5.74) is -0.992. The Kier molecular flexibility index (Phi) is 7.46. The minimum absolute atomic E-state index is 0.0528. The Labute approximate surface area is 207 Å². The number of hydrogen-bond donors (Lipinski definition) is 3. The van der Waals surface area contributed by atoms with Crippen LogP contribution >= 0.6 is 0 Å². The predicted octanol–water partition coefficient (Wildman–Crippen LogP) is 0.501. The van der Waals surface area contributed by atoms with Crippen molar-refractivity contribution < 1.29 is 41.9 Å². The molecule has 1 aliphatic carbocycles. The van der Waals surface area contributed by atoms with Crippen LogP contribution in [0.25, 0.3) is 0 Å². The van der Waals surface area contributed by atoms with Crippen LogP contribution in [0.15, 0.2) is 0 Å². The van der Waals surface area contributed by atoms with E-state index >= 15 is 0 Å². The number of likely N-dealkylation sites (tertiary alicyclic amines) is 1. The van der Waals surface area contributed by atoms with E-state index in [1.54, 1.807) is 20.8 Å². The number of ketones is 1. The molecule has 0 spiro atoms. The highest BCUT2D eigenvalue weighted by Gasteiger charge is 2.69. The van der Waals surface area contributed by atoms with E-state index in [0.717, 1.165) is 4.90 Å². The van der Waals surface area contributed by atoms with Gasteiger partial charge in [-0.2, -0.15) is 0 Å². The number of piperidine rings is 1. The Morgan fingerprint density at radius 3 is 2.36 bits per heavy atom. The topological polar surface area (TPSA) is 134 Å². The van der Waals surface area contributed by atoms with Gasteiger partial charge in [0.1, 0.15) is 12.6 Å². The highest BCUT2D eigenvalue weighted by atomic mass is 19.4. The standard InChI is InChI=1S/C23H33F3N4O6/c1-21(2,3)29-19(34)20(35)30-9-12-15(22(12,4)5)16(30)18(33)28-13(8-11-6-7-27-17(11)32)14(31)10-36-23(24,25)26/h11-13,15-16H,6-10H2,1-5H3,(H,27,32)(H,28,33)(H,29,34)/t11-,12-,13?,15-,16-/m0/s1. The van der Waals surface area contributed by atoms with Gasteiger partial charge >= 0.3 is 18.2 Å². The molecule has 1 unspecified atom stereocenters. The largest absolute Gasteiger partial charge is 0.522 e. The minimum Gasteiger partial charge on any atom is -0.356 e. The zero-order chi connectivity index (χ0) is 27.2. The number of Topliss-reactive ketones (excluding diaryl/α,β-unsaturated/α-hetero) is 1. The number of carbonyl (C=O) groups is 5. The first-order valence-electron chi connectivity index (χ1n) is 11.9. The van der Waals surface area contributed by atoms with E-state index in [9.17, 15) is 37.1 Å². The molecule has 3 N–H and O–H groups in total. The van der Waals surface area contributed by atoms with Crippen molar-refractivity contribution in [3.63, 3.8) is 0 Å². The van der Waals surface area contributed by atoms with Crippen molar-refractivity contribution in [1.29, 1.82) is 0 Å². The summed E-state index contributed by atoms with van der Waals surface area (Å²) in [6.07, 6.45) is -4.90. The second-order valence-corrected chi connectivity index (χ2v) is 11.3. The van der Waals surface area contributed by atoms with E-state index in [2.05, 4.69) is 20.7 Å². The summed E-state index contributed by atoms with van der Waals surface area (Å²) in [5.74, 6) is -4.96. The van der Waals surface area contributed by atoms with Gasteiger partial charge in [0, 0.05) is 24.5 Å². The zero-order valence-corrected chi connectivity index (χ0v) is 21.0. The van der Waals surface area contributed by atoms with E-state index in [1.807, 2.05) is 13.8 Å². The van der Waals surface area contributed by atoms with E-state index < -0.39 is 60.0 Å². The molecule has 3 aliphatic rings. The predicted molar refractivity (Wildman–Crippen MR) is 119 cm³/mol. The third kappa shape index (κ3) is 6.16. The summed E-state index contributed by atoms with van der Waals surface area (Å²) in [4.78, 5) is 64.7. The molecule has 202 valence electrons. The van der Waals surface area contributed by atoms with Crippen molar-refractivity contribution in [2.45, 2.75) is 71.4 Å². The van der Waals surface area contributed by atoms with Gasteiger partial charge in [0.15, 0.2) is 5.78 Å². The molecule has 0 radical (unpaired) electrons. The molecule has 2 aliphatic heterocycles. The Balaban J connectivity index is 1.79. The van der Waals surface area contributed by atoms with Crippen molar-refractivity contribution in [1.82, 2.24) is 20.9 Å². The maximum atomic E-state index is 13.4. The number of ether oxygens (including phenoxy) is 1. The summed E-state index contributed by atoms with van der Waals surface area (Å²) in [5, 5.41) is 7.62. The second-order valence-electron chi connectivity index (χ2n) is 11.3. The van der Waals surface area contributed by atoms with Gasteiger partial charge in [0.25, 0.3) is 0 Å². The molecule has 10 nitrogen and oxygen atoms in total. The number of carbonyl (C=O) groups excluding carboxylic acids is 5. The average Bonchev–Trinajstić information content (AvgIpc) is 3.09. The van der Waals surface area contributed by atoms with Crippen LogP contribution in [0.4, 0.5) is 13.2 Å². The molecule has 4 amide bonds. The van der Waals surface area contributed by atoms with Crippen LogP contribution in [0.1, 0.15) is 47.5 Å². The van der Waals surface area contributed by atoms with Crippen LogP contribution in [0, 0.1) is 23.2 Å². The first-order valence-corrected chi connectivity index (χ1v) is 11.9. The maximum Gasteiger partial charge on any atom is 0.522 e. The SMILES string of the molecule is CC(C)(C)NC(=O)C(=O)N1C[C@H]2[C@@H]([C@H]1C(=O)NC(C[C@@H]1CCNC1=O)C(=O)COC(F)(F)F)C2(C)C. The number of alkyl halides is 3. The van der Waals surface area contributed by atoms with E-state index in [0.29, 0.717) is 13.0 Å². The highest BCUT2D eigenvalue weighted by molar-refractivity contribution is 6.35. The molecule has 1 saturated carbocycles. The second kappa shape index (κ2) is 9.64. The maximum absolute atomic E-state index is 13.4. The monoisotopic (exact) mass is 518 g/mol. The molecule has 5 atom stereocenters. The molecule has 0 aromatic rings. The average molecular weight is 519 g/mol. The number of amides is 4. The number of fused-ring (bicyclic) bond motifs is 1. The lowest BCUT2D eigenvalue weighted by Gasteiger charge is -2.32. The Hall–Kier alpha value is -2.70. The minimum atomic E-state index is -5.05. The molecule has 36 heavy (non-hydrogen) atoms. The van der Waals surface area contributed by atoms with Crippen LogP contribution in [0.5, 0.6) is 0 Å². The van der Waals surface area contributed by atoms with E-state index in [-0.39, 0.29) is 36.1 Å². The Bertz CT molecular complexity index is 945. The number of nitrogens with zero attached hydrogens (tertiary/aromatic N) is 1. The normalized spacial score (nSPS) is 27.7. The molecule has 3 fully saturated rings. The van der Waals surface area contributed by atoms with Crippen molar-refractivity contribution in [2.75, 3.05) is 19.7 Å². The van der Waals surface area contributed by atoms with Gasteiger partial charge in [-0.15, -0.1) is 13.2 Å². The summed E-state index contributed by atoms with van der Waals surface area (Å²) in [7, 11) is 0. The lowest BCUT2D eigenvalue weighted by atomic mass is 9.94. The fourth-order valence-electron chi connectivity index (χ4n) is 5.26. The molecule has 2 saturated heterocycles. The van der Waals surface area contributed by atoms with E-state index in [1.165, 1.54) is 0 Å². The van der Waals surface area contributed by atoms with Gasteiger partial charge in [-0.1, -0.05) is 13.8 Å². The summed E-state index contributed by atoms with van der Waals surface area (Å²) < 4.78 is 41.2. The number of hydrogen-bond acceptors (Lipinski definition) is 6. The van der Waals surface area contributed by atoms with Gasteiger partial charge in [0.05, 0.1) is 6.04 Å². The number of halogens is 3. The van der Waals surface area contributed by atoms with Crippen molar-refractivity contribution >= 4 is 29.4 Å². The Morgan fingerprint density at radius 1 is 1.19 bits per heavy atom. The smallest absolute Gasteiger partial charge is 0.356 e. The third-order valence-corrected chi connectivity index (χ3v) is 7.19. The fraction of sp³-hybridized carbons (Fsp3) is 0.783. The van der Waals surface area contributed by atoms with Gasteiger partial charge in [-0.3, -0.25) is 28.7 Å². The molecule has 0 aromatic carbocycles. The summed E-state index contributed by atoms with van der Waals surface area (Å²) in [6.45, 7) is 8.12. The van der Waals surface area contributed by atoms with Crippen LogP contribution in [0.3, 0.4) is 0 Å².